The van der Waals surface area contributed by atoms with Gasteiger partial charge in [0, 0.05) is 18.3 Å². The van der Waals surface area contributed by atoms with E-state index in [4.69, 9.17) is 0 Å². The summed E-state index contributed by atoms with van der Waals surface area (Å²) in [5, 5.41) is 4.30. The second kappa shape index (κ2) is 6.62. The molecule has 0 bridgehead atoms. The molecule has 0 amide bonds. The fourth-order valence-electron chi connectivity index (χ4n) is 1.88. The predicted octanol–water partition coefficient (Wildman–Crippen LogP) is 3.22. The first-order valence-electron chi connectivity index (χ1n) is 5.78. The summed E-state index contributed by atoms with van der Waals surface area (Å²) in [5.74, 6) is 1.33. The summed E-state index contributed by atoms with van der Waals surface area (Å²) in [4.78, 5) is 4.40. The van der Waals surface area contributed by atoms with Gasteiger partial charge in [0.2, 0.25) is 0 Å². The van der Waals surface area contributed by atoms with E-state index < -0.39 is 0 Å². The molecule has 2 heterocycles. The molecule has 4 heteroatoms. The van der Waals surface area contributed by atoms with Crippen molar-refractivity contribution >= 4 is 27.7 Å². The highest BCUT2D eigenvalue weighted by Crippen LogP contribution is 2.24. The van der Waals surface area contributed by atoms with E-state index in [1.807, 2.05) is 12.1 Å². The van der Waals surface area contributed by atoms with Crippen LogP contribution < -0.4 is 5.32 Å². The topological polar surface area (TPSA) is 24.9 Å². The largest absolute Gasteiger partial charge is 0.310 e. The lowest BCUT2D eigenvalue weighted by atomic mass is 10.2. The van der Waals surface area contributed by atoms with Crippen molar-refractivity contribution in [2.24, 2.45) is 0 Å². The molecule has 0 aromatic carbocycles. The lowest BCUT2D eigenvalue weighted by Gasteiger charge is -2.21. The number of halogens is 1. The van der Waals surface area contributed by atoms with E-state index in [9.17, 15) is 0 Å². The van der Waals surface area contributed by atoms with E-state index in [0.29, 0.717) is 0 Å². The summed E-state index contributed by atoms with van der Waals surface area (Å²) < 4.78 is 0.916. The van der Waals surface area contributed by atoms with Crippen LogP contribution in [0.5, 0.6) is 0 Å². The Bertz CT molecular complexity index is 327. The third kappa shape index (κ3) is 4.07. The Balaban J connectivity index is 1.71. The van der Waals surface area contributed by atoms with Crippen molar-refractivity contribution in [3.63, 3.8) is 0 Å². The first-order chi connectivity index (χ1) is 7.84. The SMILES string of the molecule is Brc1cccc(CNCC2CCCCS2)n1. The molecule has 2 nitrogen and oxygen atoms in total. The average molecular weight is 301 g/mol. The lowest BCUT2D eigenvalue weighted by Crippen LogP contribution is -2.26. The van der Waals surface area contributed by atoms with Crippen LogP contribution >= 0.6 is 27.7 Å². The van der Waals surface area contributed by atoms with Crippen LogP contribution in [0.15, 0.2) is 22.8 Å². The molecule has 16 heavy (non-hydrogen) atoms. The molecule has 1 fully saturated rings. The molecule has 1 aliphatic rings. The minimum absolute atomic E-state index is 0.806. The Morgan fingerprint density at radius 2 is 2.38 bits per heavy atom. The van der Waals surface area contributed by atoms with Gasteiger partial charge in [0.05, 0.1) is 5.69 Å². The van der Waals surface area contributed by atoms with Crippen molar-refractivity contribution in [3.8, 4) is 0 Å². The predicted molar refractivity (Wildman–Crippen MR) is 73.7 cm³/mol. The molecule has 1 aliphatic heterocycles. The van der Waals surface area contributed by atoms with Crippen LogP contribution in [0, 0.1) is 0 Å². The van der Waals surface area contributed by atoms with E-state index in [0.717, 1.165) is 28.6 Å². The van der Waals surface area contributed by atoms with Gasteiger partial charge in [-0.2, -0.15) is 11.8 Å². The fraction of sp³-hybridized carbons (Fsp3) is 0.583. The smallest absolute Gasteiger partial charge is 0.106 e. The number of nitrogens with one attached hydrogen (secondary N) is 1. The minimum atomic E-state index is 0.806. The van der Waals surface area contributed by atoms with E-state index >= 15 is 0 Å². The van der Waals surface area contributed by atoms with Crippen LogP contribution in [-0.2, 0) is 6.54 Å². The van der Waals surface area contributed by atoms with Crippen LogP contribution in [0.25, 0.3) is 0 Å². The summed E-state index contributed by atoms with van der Waals surface area (Å²) in [5.41, 5.74) is 1.11. The van der Waals surface area contributed by atoms with Crippen molar-refractivity contribution in [2.75, 3.05) is 12.3 Å². The van der Waals surface area contributed by atoms with Gasteiger partial charge in [-0.15, -0.1) is 0 Å². The van der Waals surface area contributed by atoms with Crippen molar-refractivity contribution in [1.82, 2.24) is 10.3 Å². The Kier molecular flexibility index (Phi) is 5.13. The number of pyridine rings is 1. The Labute approximate surface area is 110 Å². The summed E-state index contributed by atoms with van der Waals surface area (Å²) >= 11 is 5.50. The van der Waals surface area contributed by atoms with Crippen LogP contribution in [0.4, 0.5) is 0 Å². The van der Waals surface area contributed by atoms with Crippen molar-refractivity contribution < 1.29 is 0 Å². The van der Waals surface area contributed by atoms with E-state index in [-0.39, 0.29) is 0 Å². The Hall–Kier alpha value is -0.0600. The maximum atomic E-state index is 4.40. The van der Waals surface area contributed by atoms with Gasteiger partial charge in [-0.05, 0) is 46.7 Å². The summed E-state index contributed by atoms with van der Waals surface area (Å²) in [6, 6.07) is 6.05. The molecule has 1 unspecified atom stereocenters. The highest BCUT2D eigenvalue weighted by molar-refractivity contribution is 9.10. The van der Waals surface area contributed by atoms with Crippen LogP contribution in [0.1, 0.15) is 25.0 Å². The second-order valence-corrected chi connectivity index (χ2v) is 6.29. The van der Waals surface area contributed by atoms with Gasteiger partial charge < -0.3 is 5.32 Å². The van der Waals surface area contributed by atoms with E-state index in [1.54, 1.807) is 0 Å². The number of hydrogen-bond acceptors (Lipinski definition) is 3. The highest BCUT2D eigenvalue weighted by atomic mass is 79.9. The molecule has 0 spiro atoms. The molecule has 88 valence electrons. The van der Waals surface area contributed by atoms with E-state index in [1.165, 1.54) is 25.0 Å². The lowest BCUT2D eigenvalue weighted by molar-refractivity contribution is 0.593. The third-order valence-corrected chi connectivity index (χ3v) is 4.56. The maximum absolute atomic E-state index is 4.40. The van der Waals surface area contributed by atoms with Gasteiger partial charge in [0.25, 0.3) is 0 Å². The molecule has 1 atom stereocenters. The van der Waals surface area contributed by atoms with Crippen LogP contribution in [0.2, 0.25) is 0 Å². The first kappa shape index (κ1) is 12.4. The molecular weight excluding hydrogens is 284 g/mol. The van der Waals surface area contributed by atoms with Gasteiger partial charge in [-0.1, -0.05) is 12.5 Å². The molecule has 0 radical (unpaired) electrons. The van der Waals surface area contributed by atoms with Gasteiger partial charge >= 0.3 is 0 Å². The quantitative estimate of drug-likeness (QED) is 0.864. The number of hydrogen-bond donors (Lipinski definition) is 1. The fourth-order valence-corrected chi connectivity index (χ4v) is 3.53. The maximum Gasteiger partial charge on any atom is 0.106 e. The van der Waals surface area contributed by atoms with Crippen LogP contribution in [0.3, 0.4) is 0 Å². The van der Waals surface area contributed by atoms with Gasteiger partial charge in [0.15, 0.2) is 0 Å². The zero-order valence-electron chi connectivity index (χ0n) is 9.29. The highest BCUT2D eigenvalue weighted by Gasteiger charge is 2.12. The number of nitrogens with zero attached hydrogens (tertiary/aromatic N) is 1. The zero-order valence-corrected chi connectivity index (χ0v) is 11.7. The van der Waals surface area contributed by atoms with Crippen molar-refractivity contribution in [2.45, 2.75) is 31.1 Å². The van der Waals surface area contributed by atoms with Crippen LogP contribution in [-0.4, -0.2) is 22.5 Å². The molecule has 0 aliphatic carbocycles. The second-order valence-electron chi connectivity index (χ2n) is 4.07. The minimum Gasteiger partial charge on any atom is -0.310 e. The molecule has 2 rings (SSSR count). The normalized spacial score (nSPS) is 20.9. The van der Waals surface area contributed by atoms with E-state index in [2.05, 4.69) is 44.1 Å². The average Bonchev–Trinajstić information content (AvgIpc) is 2.30. The number of aromatic nitrogens is 1. The molecule has 1 aromatic rings. The summed E-state index contributed by atoms with van der Waals surface area (Å²) in [6.45, 7) is 1.98. The van der Waals surface area contributed by atoms with Gasteiger partial charge in [-0.25, -0.2) is 4.98 Å². The monoisotopic (exact) mass is 300 g/mol. The third-order valence-electron chi connectivity index (χ3n) is 2.72. The van der Waals surface area contributed by atoms with Crippen molar-refractivity contribution in [1.29, 1.82) is 0 Å². The van der Waals surface area contributed by atoms with Gasteiger partial charge in [-0.3, -0.25) is 0 Å². The molecule has 1 N–H and O–H groups in total. The summed E-state index contributed by atoms with van der Waals surface area (Å²) in [6.07, 6.45) is 4.16. The van der Waals surface area contributed by atoms with Gasteiger partial charge in [0.1, 0.15) is 4.60 Å². The Morgan fingerprint density at radius 3 is 3.12 bits per heavy atom. The Morgan fingerprint density at radius 1 is 1.44 bits per heavy atom. The molecular formula is C12H17BrN2S. The molecule has 1 aromatic heterocycles. The number of thioether (sulfide) groups is 1. The first-order valence-corrected chi connectivity index (χ1v) is 7.62. The standard InChI is InChI=1S/C12H17BrN2S/c13-12-6-3-4-10(15-12)8-14-9-11-5-1-2-7-16-11/h3-4,6,11,14H,1-2,5,7-9H2. The zero-order chi connectivity index (χ0) is 11.2. The molecule has 0 saturated carbocycles. The van der Waals surface area contributed by atoms with Crippen molar-refractivity contribution in [3.05, 3.63) is 28.5 Å². The molecule has 1 saturated heterocycles. The summed E-state index contributed by atoms with van der Waals surface area (Å²) in [7, 11) is 0. The number of rotatable bonds is 4.